The fourth-order valence-corrected chi connectivity index (χ4v) is 1.69. The van der Waals surface area contributed by atoms with Crippen LogP contribution < -0.4 is 5.32 Å². The van der Waals surface area contributed by atoms with Gasteiger partial charge < -0.3 is 15.5 Å². The number of likely N-dealkylation sites (tertiary alicyclic amines) is 1. The van der Waals surface area contributed by atoms with E-state index in [0.29, 0.717) is 13.1 Å². The topological polar surface area (TPSA) is 72.8 Å². The first kappa shape index (κ1) is 10.3. The molecule has 0 radical (unpaired) electrons. The Labute approximate surface area is 77.3 Å². The largest absolute Gasteiger partial charge is 0.465 e. The van der Waals surface area contributed by atoms with E-state index in [1.165, 1.54) is 0 Å². The number of rotatable bonds is 3. The van der Waals surface area contributed by atoms with Crippen LogP contribution in [0.2, 0.25) is 0 Å². The van der Waals surface area contributed by atoms with Crippen molar-refractivity contribution >= 4 is 6.09 Å². The Morgan fingerprint density at radius 2 is 2.38 bits per heavy atom. The second kappa shape index (κ2) is 5.04. The summed E-state index contributed by atoms with van der Waals surface area (Å²) in [5, 5.41) is 19.7. The molecule has 76 valence electrons. The summed E-state index contributed by atoms with van der Waals surface area (Å²) in [4.78, 5) is 12.4. The smallest absolute Gasteiger partial charge is 0.404 e. The van der Waals surface area contributed by atoms with Gasteiger partial charge in [0.05, 0.1) is 6.61 Å². The number of β-amino-alcohol motifs (C(OH)–C–C–N with tert-alkyl or cyclic N) is 1. The fraction of sp³-hybridized carbons (Fsp3) is 0.875. The van der Waals surface area contributed by atoms with E-state index >= 15 is 0 Å². The Kier molecular flexibility index (Phi) is 3.98. The van der Waals surface area contributed by atoms with Crippen LogP contribution in [0.5, 0.6) is 0 Å². The van der Waals surface area contributed by atoms with Crippen molar-refractivity contribution in [3.05, 3.63) is 0 Å². The van der Waals surface area contributed by atoms with E-state index in [0.717, 1.165) is 19.4 Å². The maximum atomic E-state index is 10.4. The van der Waals surface area contributed by atoms with Gasteiger partial charge in [0.15, 0.2) is 0 Å². The quantitative estimate of drug-likeness (QED) is 0.569. The van der Waals surface area contributed by atoms with Crippen LogP contribution in [0.25, 0.3) is 0 Å². The Morgan fingerprint density at radius 1 is 1.62 bits per heavy atom. The molecule has 3 N–H and O–H groups in total. The van der Waals surface area contributed by atoms with Crippen molar-refractivity contribution < 1.29 is 15.0 Å². The SMILES string of the molecule is O=C(O)N[C@@H]1CCCN(CCO)C1. The zero-order valence-corrected chi connectivity index (χ0v) is 7.57. The lowest BCUT2D eigenvalue weighted by Gasteiger charge is -2.31. The van der Waals surface area contributed by atoms with Gasteiger partial charge in [0.1, 0.15) is 0 Å². The van der Waals surface area contributed by atoms with E-state index < -0.39 is 6.09 Å². The van der Waals surface area contributed by atoms with Gasteiger partial charge in [0, 0.05) is 19.1 Å². The zero-order chi connectivity index (χ0) is 9.68. The first-order valence-corrected chi connectivity index (χ1v) is 4.55. The number of nitrogens with one attached hydrogen (secondary N) is 1. The van der Waals surface area contributed by atoms with Crippen molar-refractivity contribution in [1.82, 2.24) is 10.2 Å². The molecule has 0 bridgehead atoms. The van der Waals surface area contributed by atoms with E-state index in [-0.39, 0.29) is 12.6 Å². The van der Waals surface area contributed by atoms with Gasteiger partial charge in [-0.2, -0.15) is 0 Å². The Bertz CT molecular complexity index is 173. The maximum absolute atomic E-state index is 10.4. The number of aliphatic hydroxyl groups excluding tert-OH is 1. The minimum absolute atomic E-state index is 0.0257. The van der Waals surface area contributed by atoms with Crippen molar-refractivity contribution in [1.29, 1.82) is 0 Å². The highest BCUT2D eigenvalue weighted by Gasteiger charge is 2.20. The molecule has 1 rings (SSSR count). The number of carbonyl (C=O) groups is 1. The zero-order valence-electron chi connectivity index (χ0n) is 7.57. The standard InChI is InChI=1S/C8H16N2O3/c11-5-4-10-3-1-2-7(6-10)9-8(12)13/h7,9,11H,1-6H2,(H,12,13)/t7-/m1/s1. The third-order valence-corrected chi connectivity index (χ3v) is 2.25. The first-order chi connectivity index (χ1) is 6.22. The highest BCUT2D eigenvalue weighted by Crippen LogP contribution is 2.09. The van der Waals surface area contributed by atoms with Crippen LogP contribution >= 0.6 is 0 Å². The summed E-state index contributed by atoms with van der Waals surface area (Å²) in [6.07, 6.45) is 0.926. The number of piperidine rings is 1. The Morgan fingerprint density at radius 3 is 3.00 bits per heavy atom. The molecule has 1 amide bonds. The van der Waals surface area contributed by atoms with Crippen LogP contribution in [-0.4, -0.2) is 53.5 Å². The molecule has 0 spiro atoms. The lowest BCUT2D eigenvalue weighted by Crippen LogP contribution is -2.47. The van der Waals surface area contributed by atoms with Gasteiger partial charge >= 0.3 is 6.09 Å². The highest BCUT2D eigenvalue weighted by atomic mass is 16.4. The number of hydrogen-bond donors (Lipinski definition) is 3. The van der Waals surface area contributed by atoms with Gasteiger partial charge in [-0.15, -0.1) is 0 Å². The molecule has 0 saturated carbocycles. The predicted octanol–water partition coefficient (Wildman–Crippen LogP) is -0.289. The summed E-state index contributed by atoms with van der Waals surface area (Å²) < 4.78 is 0. The van der Waals surface area contributed by atoms with Crippen molar-refractivity contribution in [2.75, 3.05) is 26.2 Å². The van der Waals surface area contributed by atoms with E-state index in [2.05, 4.69) is 10.2 Å². The molecule has 1 fully saturated rings. The van der Waals surface area contributed by atoms with Crippen molar-refractivity contribution in [3.63, 3.8) is 0 Å². The number of aliphatic hydroxyl groups is 1. The molecule has 5 heteroatoms. The van der Waals surface area contributed by atoms with Crippen molar-refractivity contribution in [3.8, 4) is 0 Å². The molecular weight excluding hydrogens is 172 g/mol. The lowest BCUT2D eigenvalue weighted by atomic mass is 10.1. The van der Waals surface area contributed by atoms with Gasteiger partial charge in [-0.05, 0) is 19.4 Å². The fourth-order valence-electron chi connectivity index (χ4n) is 1.69. The van der Waals surface area contributed by atoms with Crippen LogP contribution in [0.15, 0.2) is 0 Å². The molecule has 0 aromatic carbocycles. The molecule has 0 unspecified atom stereocenters. The molecule has 1 aliphatic rings. The first-order valence-electron chi connectivity index (χ1n) is 4.55. The third-order valence-electron chi connectivity index (χ3n) is 2.25. The lowest BCUT2D eigenvalue weighted by molar-refractivity contribution is 0.143. The molecule has 13 heavy (non-hydrogen) atoms. The van der Waals surface area contributed by atoms with Crippen LogP contribution in [0.1, 0.15) is 12.8 Å². The normalized spacial score (nSPS) is 24.2. The molecule has 1 aliphatic heterocycles. The van der Waals surface area contributed by atoms with E-state index in [4.69, 9.17) is 10.2 Å². The molecule has 1 heterocycles. The van der Waals surface area contributed by atoms with Crippen LogP contribution in [0.4, 0.5) is 4.79 Å². The van der Waals surface area contributed by atoms with Crippen molar-refractivity contribution in [2.45, 2.75) is 18.9 Å². The average Bonchev–Trinajstić information content (AvgIpc) is 2.04. The van der Waals surface area contributed by atoms with E-state index in [1.807, 2.05) is 0 Å². The van der Waals surface area contributed by atoms with Crippen LogP contribution in [-0.2, 0) is 0 Å². The molecule has 0 aromatic rings. The minimum atomic E-state index is -0.962. The molecule has 1 saturated heterocycles. The van der Waals surface area contributed by atoms with E-state index in [1.54, 1.807) is 0 Å². The summed E-state index contributed by atoms with van der Waals surface area (Å²) in [6, 6.07) is 0.0257. The summed E-state index contributed by atoms with van der Waals surface area (Å²) in [7, 11) is 0. The average molecular weight is 188 g/mol. The maximum Gasteiger partial charge on any atom is 0.404 e. The predicted molar refractivity (Wildman–Crippen MR) is 47.7 cm³/mol. The Balaban J connectivity index is 2.28. The summed E-state index contributed by atoms with van der Waals surface area (Å²) in [6.45, 7) is 2.45. The van der Waals surface area contributed by atoms with Crippen molar-refractivity contribution in [2.24, 2.45) is 0 Å². The molecule has 0 aromatic heterocycles. The highest BCUT2D eigenvalue weighted by molar-refractivity contribution is 5.64. The monoisotopic (exact) mass is 188 g/mol. The van der Waals surface area contributed by atoms with Crippen LogP contribution in [0.3, 0.4) is 0 Å². The summed E-state index contributed by atoms with van der Waals surface area (Å²) in [5.41, 5.74) is 0. The number of amides is 1. The third kappa shape index (κ3) is 3.61. The second-order valence-electron chi connectivity index (χ2n) is 3.31. The van der Waals surface area contributed by atoms with Gasteiger partial charge in [-0.3, -0.25) is 4.90 Å². The second-order valence-corrected chi connectivity index (χ2v) is 3.31. The van der Waals surface area contributed by atoms with Gasteiger partial charge in [-0.1, -0.05) is 0 Å². The summed E-state index contributed by atoms with van der Waals surface area (Å²) in [5.74, 6) is 0. The van der Waals surface area contributed by atoms with E-state index in [9.17, 15) is 4.79 Å². The van der Waals surface area contributed by atoms with Crippen LogP contribution in [0, 0.1) is 0 Å². The van der Waals surface area contributed by atoms with Gasteiger partial charge in [-0.25, -0.2) is 4.79 Å². The Hall–Kier alpha value is -0.810. The number of hydrogen-bond acceptors (Lipinski definition) is 3. The molecule has 1 atom stereocenters. The molecular formula is C8H16N2O3. The molecule has 5 nitrogen and oxygen atoms in total. The van der Waals surface area contributed by atoms with Gasteiger partial charge in [0.2, 0.25) is 0 Å². The minimum Gasteiger partial charge on any atom is -0.465 e. The summed E-state index contributed by atoms with van der Waals surface area (Å²) >= 11 is 0. The van der Waals surface area contributed by atoms with Gasteiger partial charge in [0.25, 0.3) is 0 Å². The molecule has 0 aliphatic carbocycles. The number of carboxylic acid groups (broad SMARTS) is 1. The number of nitrogens with zero attached hydrogens (tertiary/aromatic N) is 1.